The van der Waals surface area contributed by atoms with Crippen molar-refractivity contribution in [2.75, 3.05) is 26.3 Å². The topological polar surface area (TPSA) is 72.6 Å². The van der Waals surface area contributed by atoms with Gasteiger partial charge < -0.3 is 15.4 Å². The zero-order valence-electron chi connectivity index (χ0n) is 13.8. The Bertz CT molecular complexity index is 545. The highest BCUT2D eigenvalue weighted by atomic mass is 16.5. The summed E-state index contributed by atoms with van der Waals surface area (Å²) in [6, 6.07) is 7.43. The Morgan fingerprint density at radius 2 is 2.22 bits per heavy atom. The molecule has 5 heteroatoms. The van der Waals surface area contributed by atoms with Crippen LogP contribution in [0.2, 0.25) is 0 Å². The van der Waals surface area contributed by atoms with E-state index in [9.17, 15) is 9.59 Å². The molecule has 2 N–H and O–H groups in total. The Balaban J connectivity index is 1.80. The molecule has 2 amide bonds. The first-order valence-electron chi connectivity index (χ1n) is 8.34. The van der Waals surface area contributed by atoms with Crippen LogP contribution in [-0.4, -0.2) is 43.0 Å². The minimum Gasteiger partial charge on any atom is -0.372 e. The van der Waals surface area contributed by atoms with Crippen molar-refractivity contribution in [2.24, 2.45) is 11.7 Å². The van der Waals surface area contributed by atoms with E-state index < -0.39 is 5.91 Å². The van der Waals surface area contributed by atoms with Gasteiger partial charge in [-0.2, -0.15) is 0 Å². The molecule has 1 saturated heterocycles. The largest absolute Gasteiger partial charge is 0.372 e. The maximum atomic E-state index is 12.1. The number of carbonyl (C=O) groups is 2. The highest BCUT2D eigenvalue weighted by Crippen LogP contribution is 2.21. The van der Waals surface area contributed by atoms with E-state index in [1.165, 1.54) is 0 Å². The van der Waals surface area contributed by atoms with E-state index >= 15 is 0 Å². The quantitative estimate of drug-likeness (QED) is 0.745. The van der Waals surface area contributed by atoms with Gasteiger partial charge in [-0.15, -0.1) is 0 Å². The molecule has 1 aromatic carbocycles. The van der Waals surface area contributed by atoms with Crippen molar-refractivity contribution in [3.05, 3.63) is 35.4 Å². The smallest absolute Gasteiger partial charge is 0.248 e. The van der Waals surface area contributed by atoms with Gasteiger partial charge in [-0.3, -0.25) is 9.59 Å². The molecule has 0 radical (unpaired) electrons. The van der Waals surface area contributed by atoms with Gasteiger partial charge in [0.05, 0.1) is 0 Å². The van der Waals surface area contributed by atoms with Crippen LogP contribution < -0.4 is 5.73 Å². The van der Waals surface area contributed by atoms with Gasteiger partial charge in [0.1, 0.15) is 6.61 Å². The zero-order valence-corrected chi connectivity index (χ0v) is 13.8. The van der Waals surface area contributed by atoms with Crippen LogP contribution in [0.3, 0.4) is 0 Å². The van der Waals surface area contributed by atoms with Crippen LogP contribution >= 0.6 is 0 Å². The van der Waals surface area contributed by atoms with Crippen molar-refractivity contribution < 1.29 is 14.3 Å². The molecule has 1 heterocycles. The summed E-state index contributed by atoms with van der Waals surface area (Å²) in [7, 11) is 0. The Morgan fingerprint density at radius 1 is 1.39 bits per heavy atom. The maximum Gasteiger partial charge on any atom is 0.248 e. The molecular weight excluding hydrogens is 292 g/mol. The van der Waals surface area contributed by atoms with Gasteiger partial charge >= 0.3 is 0 Å². The lowest BCUT2D eigenvalue weighted by Crippen LogP contribution is -2.32. The summed E-state index contributed by atoms with van der Waals surface area (Å²) in [6.07, 6.45) is 3.92. The SMILES string of the molecule is CCCCOCC(=O)N1CC[C@H](Cc2cccc(C(N)=O)c2)C1. The van der Waals surface area contributed by atoms with Crippen LogP contribution in [0.1, 0.15) is 42.1 Å². The fourth-order valence-corrected chi connectivity index (χ4v) is 2.91. The average molecular weight is 318 g/mol. The molecule has 0 spiro atoms. The van der Waals surface area contributed by atoms with Crippen molar-refractivity contribution in [1.82, 2.24) is 4.90 Å². The number of primary amides is 1. The summed E-state index contributed by atoms with van der Waals surface area (Å²) in [6.45, 7) is 4.49. The lowest BCUT2D eigenvalue weighted by atomic mass is 9.97. The van der Waals surface area contributed by atoms with Crippen LogP contribution in [0, 0.1) is 5.92 Å². The van der Waals surface area contributed by atoms with Crippen LogP contribution in [0.15, 0.2) is 24.3 Å². The molecule has 0 saturated carbocycles. The van der Waals surface area contributed by atoms with E-state index in [1.54, 1.807) is 6.07 Å². The number of amides is 2. The van der Waals surface area contributed by atoms with Crippen LogP contribution in [0.25, 0.3) is 0 Å². The van der Waals surface area contributed by atoms with Gasteiger partial charge in [0.15, 0.2) is 0 Å². The number of rotatable bonds is 8. The number of unbranched alkanes of at least 4 members (excludes halogenated alkanes) is 1. The van der Waals surface area contributed by atoms with Crippen molar-refractivity contribution in [3.63, 3.8) is 0 Å². The Kier molecular flexibility index (Phi) is 6.59. The minimum absolute atomic E-state index is 0.0782. The van der Waals surface area contributed by atoms with E-state index in [-0.39, 0.29) is 12.5 Å². The third-order valence-electron chi connectivity index (χ3n) is 4.24. The maximum absolute atomic E-state index is 12.1. The highest BCUT2D eigenvalue weighted by molar-refractivity contribution is 5.92. The predicted octanol–water partition coefficient (Wildman–Crippen LogP) is 1.99. The average Bonchev–Trinajstić information content (AvgIpc) is 3.00. The van der Waals surface area contributed by atoms with Crippen molar-refractivity contribution >= 4 is 11.8 Å². The number of hydrogen-bond acceptors (Lipinski definition) is 3. The van der Waals surface area contributed by atoms with Gasteiger partial charge in [-0.05, 0) is 42.9 Å². The lowest BCUT2D eigenvalue weighted by molar-refractivity contribution is -0.135. The molecule has 1 atom stereocenters. The number of likely N-dealkylation sites (tertiary alicyclic amines) is 1. The third kappa shape index (κ3) is 5.36. The highest BCUT2D eigenvalue weighted by Gasteiger charge is 2.26. The number of carbonyl (C=O) groups excluding carboxylic acids is 2. The summed E-state index contributed by atoms with van der Waals surface area (Å²) in [5.41, 5.74) is 6.95. The van der Waals surface area contributed by atoms with Gasteiger partial charge in [-0.25, -0.2) is 0 Å². The number of nitrogens with zero attached hydrogens (tertiary/aromatic N) is 1. The van der Waals surface area contributed by atoms with Crippen molar-refractivity contribution in [1.29, 1.82) is 0 Å². The van der Waals surface area contributed by atoms with E-state index in [1.807, 2.05) is 23.1 Å². The second-order valence-corrected chi connectivity index (χ2v) is 6.17. The molecule has 0 bridgehead atoms. The second kappa shape index (κ2) is 8.67. The molecule has 2 rings (SSSR count). The molecule has 1 aromatic rings. The van der Waals surface area contributed by atoms with E-state index in [2.05, 4.69) is 6.92 Å². The molecule has 1 fully saturated rings. The summed E-state index contributed by atoms with van der Waals surface area (Å²) in [5.74, 6) is 0.103. The molecule has 1 aliphatic rings. The van der Waals surface area contributed by atoms with E-state index in [4.69, 9.17) is 10.5 Å². The molecule has 1 aliphatic heterocycles. The van der Waals surface area contributed by atoms with Crippen LogP contribution in [0.5, 0.6) is 0 Å². The first-order valence-corrected chi connectivity index (χ1v) is 8.34. The molecular formula is C18H26N2O3. The lowest BCUT2D eigenvalue weighted by Gasteiger charge is -2.16. The normalized spacial score (nSPS) is 17.4. The summed E-state index contributed by atoms with van der Waals surface area (Å²) in [4.78, 5) is 25.2. The number of nitrogens with two attached hydrogens (primary N) is 1. The Morgan fingerprint density at radius 3 is 2.96 bits per heavy atom. The Hall–Kier alpha value is -1.88. The summed E-state index contributed by atoms with van der Waals surface area (Å²) < 4.78 is 5.40. The first kappa shape index (κ1) is 17.5. The van der Waals surface area contributed by atoms with Gasteiger partial charge in [0.25, 0.3) is 0 Å². The molecule has 0 unspecified atom stereocenters. The van der Waals surface area contributed by atoms with Crippen LogP contribution in [0.4, 0.5) is 0 Å². The van der Waals surface area contributed by atoms with E-state index in [0.29, 0.717) is 18.1 Å². The summed E-state index contributed by atoms with van der Waals surface area (Å²) >= 11 is 0. The molecule has 126 valence electrons. The molecule has 23 heavy (non-hydrogen) atoms. The van der Waals surface area contributed by atoms with E-state index in [0.717, 1.165) is 44.3 Å². The minimum atomic E-state index is -0.403. The second-order valence-electron chi connectivity index (χ2n) is 6.17. The number of hydrogen-bond donors (Lipinski definition) is 1. The number of ether oxygens (including phenoxy) is 1. The fourth-order valence-electron chi connectivity index (χ4n) is 2.91. The zero-order chi connectivity index (χ0) is 16.7. The predicted molar refractivity (Wildman–Crippen MR) is 89.1 cm³/mol. The van der Waals surface area contributed by atoms with Crippen LogP contribution in [-0.2, 0) is 16.0 Å². The third-order valence-corrected chi connectivity index (χ3v) is 4.24. The summed E-state index contributed by atoms with van der Waals surface area (Å²) in [5, 5.41) is 0. The van der Waals surface area contributed by atoms with Gasteiger partial charge in [-0.1, -0.05) is 25.5 Å². The Labute approximate surface area is 137 Å². The number of benzene rings is 1. The van der Waals surface area contributed by atoms with Crippen molar-refractivity contribution in [2.45, 2.75) is 32.6 Å². The molecule has 0 aliphatic carbocycles. The molecule has 0 aromatic heterocycles. The monoisotopic (exact) mass is 318 g/mol. The molecule has 5 nitrogen and oxygen atoms in total. The standard InChI is InChI=1S/C18H26N2O3/c1-2-3-9-23-13-17(21)20-8-7-15(12-20)10-14-5-4-6-16(11-14)18(19)22/h4-6,11,15H,2-3,7-10,12-13H2,1H3,(H2,19,22)/t15-/m1/s1. The van der Waals surface area contributed by atoms with Gasteiger partial charge in [0, 0.05) is 25.3 Å². The van der Waals surface area contributed by atoms with Gasteiger partial charge in [0.2, 0.25) is 11.8 Å². The first-order chi connectivity index (χ1) is 11.1. The fraction of sp³-hybridized carbons (Fsp3) is 0.556. The van der Waals surface area contributed by atoms with Crippen molar-refractivity contribution in [3.8, 4) is 0 Å².